The lowest BCUT2D eigenvalue weighted by Gasteiger charge is -2.35. The number of nitrogens with zero attached hydrogens (tertiary/aromatic N) is 2. The fourth-order valence-electron chi connectivity index (χ4n) is 4.53. The Morgan fingerprint density at radius 2 is 2.09 bits per heavy atom. The average molecular weight is 495 g/mol. The number of carbonyl (C=O) groups excluding carboxylic acids is 1. The van der Waals surface area contributed by atoms with Crippen LogP contribution in [0.15, 0.2) is 28.1 Å². The van der Waals surface area contributed by atoms with E-state index in [9.17, 15) is 23.1 Å². The van der Waals surface area contributed by atoms with Crippen molar-refractivity contribution < 1.29 is 23.1 Å². The summed E-state index contributed by atoms with van der Waals surface area (Å²) in [6, 6.07) is 2.97. The van der Waals surface area contributed by atoms with Crippen molar-refractivity contribution >= 4 is 33.5 Å². The van der Waals surface area contributed by atoms with Crippen LogP contribution in [0.1, 0.15) is 44.6 Å². The molecule has 1 aromatic carbocycles. The molecule has 7 N–H and O–H groups in total. The van der Waals surface area contributed by atoms with Crippen LogP contribution in [0.2, 0.25) is 0 Å². The summed E-state index contributed by atoms with van der Waals surface area (Å²) < 4.78 is 29.4. The van der Waals surface area contributed by atoms with Crippen LogP contribution in [-0.2, 0) is 26.0 Å². The molecule has 0 saturated carbocycles. The number of fused-ring (bicyclic) bond motifs is 1. The summed E-state index contributed by atoms with van der Waals surface area (Å²) in [4.78, 5) is 30.4. The zero-order valence-electron chi connectivity index (χ0n) is 19.4. The van der Waals surface area contributed by atoms with Gasteiger partial charge in [0.25, 0.3) is 0 Å². The molecule has 0 bridgehead atoms. The number of benzene rings is 1. The number of aliphatic imine (C=N–C) groups is 1. The maximum atomic E-state index is 13.4. The lowest BCUT2D eigenvalue weighted by Crippen LogP contribution is -2.55. The van der Waals surface area contributed by atoms with Crippen LogP contribution in [0, 0.1) is 5.92 Å². The second kappa shape index (κ2) is 11.0. The summed E-state index contributed by atoms with van der Waals surface area (Å²) in [7, 11) is -4.09. The fourth-order valence-corrected chi connectivity index (χ4v) is 5.98. The SMILES string of the molecule is CC1CNc2c(cccc2S(=O)(=O)N[C@@H](CCCN=C(N)N)C(=O)N2CCCCC2C(=O)O)C1. The first kappa shape index (κ1) is 25.8. The molecule has 0 spiro atoms. The zero-order chi connectivity index (χ0) is 24.9. The van der Waals surface area contributed by atoms with Crippen LogP contribution in [0.5, 0.6) is 0 Å². The van der Waals surface area contributed by atoms with Gasteiger partial charge in [-0.25, -0.2) is 13.2 Å². The van der Waals surface area contributed by atoms with Crippen molar-refractivity contribution in [3.63, 3.8) is 0 Å². The van der Waals surface area contributed by atoms with E-state index in [1.54, 1.807) is 6.07 Å². The predicted molar refractivity (Wildman–Crippen MR) is 129 cm³/mol. The highest BCUT2D eigenvalue weighted by Crippen LogP contribution is 2.31. The smallest absolute Gasteiger partial charge is 0.326 e. The number of carboxylic acids is 1. The number of carbonyl (C=O) groups is 2. The number of carboxylic acid groups (broad SMARTS) is 1. The molecule has 2 heterocycles. The minimum absolute atomic E-state index is 0.0763. The van der Waals surface area contributed by atoms with E-state index in [-0.39, 0.29) is 30.4 Å². The van der Waals surface area contributed by atoms with Crippen molar-refractivity contribution in [2.75, 3.05) is 25.0 Å². The molecule has 0 radical (unpaired) electrons. The number of amides is 1. The Morgan fingerprint density at radius 1 is 1.32 bits per heavy atom. The van der Waals surface area contributed by atoms with E-state index >= 15 is 0 Å². The number of anilines is 1. The summed E-state index contributed by atoms with van der Waals surface area (Å²) in [5.74, 6) is -1.37. The number of rotatable bonds is 9. The molecular formula is C22H34N6O5S. The molecule has 3 rings (SSSR count). The van der Waals surface area contributed by atoms with Gasteiger partial charge < -0.3 is 26.8 Å². The Labute approximate surface area is 200 Å². The number of nitrogens with two attached hydrogens (primary N) is 2. The minimum Gasteiger partial charge on any atom is -0.480 e. The van der Waals surface area contributed by atoms with Gasteiger partial charge in [0.1, 0.15) is 17.0 Å². The third-order valence-corrected chi connectivity index (χ3v) is 7.72. The van der Waals surface area contributed by atoms with Gasteiger partial charge in [0.05, 0.1) is 5.69 Å². The standard InChI is InChI=1S/C22H34N6O5S/c1-14-12-15-6-4-9-18(19(15)26-13-14)34(32,33)27-16(7-5-10-25-22(23)24)20(29)28-11-3-2-8-17(28)21(30)31/h4,6,9,14,16-17,26-27H,2-3,5,7-8,10-13H2,1H3,(H,30,31)(H4,23,24,25)/t14?,16-,17?/m0/s1. The van der Waals surface area contributed by atoms with E-state index in [0.717, 1.165) is 12.0 Å². The number of nitrogens with one attached hydrogen (secondary N) is 2. The van der Waals surface area contributed by atoms with E-state index in [1.165, 1.54) is 11.0 Å². The van der Waals surface area contributed by atoms with Crippen molar-refractivity contribution in [3.05, 3.63) is 23.8 Å². The lowest BCUT2D eigenvalue weighted by atomic mass is 9.96. The van der Waals surface area contributed by atoms with Crippen LogP contribution in [0.25, 0.3) is 0 Å². The van der Waals surface area contributed by atoms with Gasteiger partial charge in [-0.3, -0.25) is 9.79 Å². The van der Waals surface area contributed by atoms with Gasteiger partial charge in [-0.1, -0.05) is 19.1 Å². The Balaban J connectivity index is 1.87. The van der Waals surface area contributed by atoms with Gasteiger partial charge in [-0.2, -0.15) is 4.72 Å². The molecule has 12 heteroatoms. The molecule has 0 aromatic heterocycles. The van der Waals surface area contributed by atoms with Crippen molar-refractivity contribution in [1.82, 2.24) is 9.62 Å². The zero-order valence-corrected chi connectivity index (χ0v) is 20.2. The van der Waals surface area contributed by atoms with Gasteiger partial charge in [-0.15, -0.1) is 0 Å². The summed E-state index contributed by atoms with van der Waals surface area (Å²) in [6.07, 6.45) is 2.91. The molecule has 1 amide bonds. The molecule has 2 aliphatic heterocycles. The monoisotopic (exact) mass is 494 g/mol. The topological polar surface area (TPSA) is 180 Å². The molecule has 1 fully saturated rings. The molecule has 0 aliphatic carbocycles. The van der Waals surface area contributed by atoms with Crippen LogP contribution in [0.4, 0.5) is 5.69 Å². The van der Waals surface area contributed by atoms with Crippen LogP contribution in [-0.4, -0.2) is 68.0 Å². The Hall–Kier alpha value is -2.86. The molecule has 1 saturated heterocycles. The van der Waals surface area contributed by atoms with E-state index in [2.05, 4.69) is 22.0 Å². The van der Waals surface area contributed by atoms with Crippen molar-refractivity contribution in [3.8, 4) is 0 Å². The van der Waals surface area contributed by atoms with Crippen molar-refractivity contribution in [2.45, 2.75) is 62.4 Å². The summed E-state index contributed by atoms with van der Waals surface area (Å²) in [5, 5.41) is 12.8. The molecule has 1 aromatic rings. The largest absolute Gasteiger partial charge is 0.480 e. The summed E-state index contributed by atoms with van der Waals surface area (Å²) in [6.45, 7) is 3.21. The van der Waals surface area contributed by atoms with E-state index < -0.39 is 34.0 Å². The molecule has 2 aliphatic rings. The number of sulfonamides is 1. The number of hydrogen-bond acceptors (Lipinski definition) is 6. The van der Waals surface area contributed by atoms with E-state index in [0.29, 0.717) is 43.8 Å². The molecule has 188 valence electrons. The Morgan fingerprint density at radius 3 is 2.79 bits per heavy atom. The molecule has 34 heavy (non-hydrogen) atoms. The number of aliphatic carboxylic acids is 1. The fraction of sp³-hybridized carbons (Fsp3) is 0.591. The van der Waals surface area contributed by atoms with Gasteiger partial charge in [0.15, 0.2) is 5.96 Å². The molecule has 11 nitrogen and oxygen atoms in total. The summed E-state index contributed by atoms with van der Waals surface area (Å²) >= 11 is 0. The highest BCUT2D eigenvalue weighted by molar-refractivity contribution is 7.89. The first-order valence-corrected chi connectivity index (χ1v) is 13.0. The first-order valence-electron chi connectivity index (χ1n) is 11.6. The van der Waals surface area contributed by atoms with Gasteiger partial charge in [-0.05, 0) is 56.1 Å². The average Bonchev–Trinajstić information content (AvgIpc) is 2.79. The van der Waals surface area contributed by atoms with E-state index in [1.807, 2.05) is 6.07 Å². The number of guanidine groups is 1. The lowest BCUT2D eigenvalue weighted by molar-refractivity contribution is -0.152. The number of hydrogen-bond donors (Lipinski definition) is 5. The van der Waals surface area contributed by atoms with Gasteiger partial charge in [0.2, 0.25) is 15.9 Å². The highest BCUT2D eigenvalue weighted by Gasteiger charge is 2.37. The van der Waals surface area contributed by atoms with Crippen LogP contribution >= 0.6 is 0 Å². The normalized spacial score (nSPS) is 21.1. The maximum absolute atomic E-state index is 13.4. The third-order valence-electron chi connectivity index (χ3n) is 6.21. The second-order valence-corrected chi connectivity index (χ2v) is 10.7. The first-order chi connectivity index (χ1) is 16.1. The molecular weight excluding hydrogens is 460 g/mol. The van der Waals surface area contributed by atoms with Crippen LogP contribution < -0.4 is 21.5 Å². The minimum atomic E-state index is -4.09. The highest BCUT2D eigenvalue weighted by atomic mass is 32.2. The maximum Gasteiger partial charge on any atom is 0.326 e. The predicted octanol–water partition coefficient (Wildman–Crippen LogP) is 0.457. The van der Waals surface area contributed by atoms with Crippen molar-refractivity contribution in [1.29, 1.82) is 0 Å². The van der Waals surface area contributed by atoms with Gasteiger partial charge >= 0.3 is 5.97 Å². The third kappa shape index (κ3) is 6.17. The Bertz CT molecular complexity index is 1040. The Kier molecular flexibility index (Phi) is 8.37. The van der Waals surface area contributed by atoms with Gasteiger partial charge in [0, 0.05) is 19.6 Å². The molecule has 3 atom stereocenters. The van der Waals surface area contributed by atoms with Crippen molar-refractivity contribution in [2.24, 2.45) is 22.4 Å². The molecule has 2 unspecified atom stereocenters. The van der Waals surface area contributed by atoms with E-state index in [4.69, 9.17) is 11.5 Å². The number of para-hydroxylation sites is 1. The summed E-state index contributed by atoms with van der Waals surface area (Å²) in [5.41, 5.74) is 12.2. The number of likely N-dealkylation sites (tertiary alicyclic amines) is 1. The number of piperidine rings is 1. The van der Waals surface area contributed by atoms with Crippen LogP contribution in [0.3, 0.4) is 0 Å². The second-order valence-electron chi connectivity index (χ2n) is 8.98. The quantitative estimate of drug-likeness (QED) is 0.186.